The maximum absolute atomic E-state index is 9.48. The molecule has 5 heteroatoms. The SMILES string of the molecule is O[C@@H]1C[OH+]C[C@H]1n1cc(Br)cn1. The number of aromatic nitrogens is 2. The van der Waals surface area contributed by atoms with Gasteiger partial charge in [-0.1, -0.05) is 0 Å². The summed E-state index contributed by atoms with van der Waals surface area (Å²) < 4.78 is 6.79. The van der Waals surface area contributed by atoms with Gasteiger partial charge in [-0.3, -0.25) is 4.68 Å². The summed E-state index contributed by atoms with van der Waals surface area (Å²) in [5.74, 6) is 0. The van der Waals surface area contributed by atoms with Gasteiger partial charge in [0.25, 0.3) is 0 Å². The molecule has 0 radical (unpaired) electrons. The number of ether oxygens (including phenoxy) is 1. The monoisotopic (exact) mass is 233 g/mol. The number of aliphatic hydroxyl groups excluding tert-OH is 1. The molecule has 0 aromatic carbocycles. The summed E-state index contributed by atoms with van der Waals surface area (Å²) >= 11 is 3.30. The van der Waals surface area contributed by atoms with Gasteiger partial charge in [0.05, 0.1) is 10.7 Å². The van der Waals surface area contributed by atoms with E-state index in [9.17, 15) is 5.11 Å². The van der Waals surface area contributed by atoms with E-state index in [4.69, 9.17) is 0 Å². The summed E-state index contributed by atoms with van der Waals surface area (Å²) in [5, 5.41) is 13.6. The van der Waals surface area contributed by atoms with Crippen LogP contribution in [0.15, 0.2) is 16.9 Å². The van der Waals surface area contributed by atoms with Gasteiger partial charge >= 0.3 is 0 Å². The summed E-state index contributed by atoms with van der Waals surface area (Å²) in [7, 11) is 0. The van der Waals surface area contributed by atoms with Gasteiger partial charge in [0.1, 0.15) is 0 Å². The van der Waals surface area contributed by atoms with E-state index in [0.717, 1.165) is 4.47 Å². The zero-order valence-corrected chi connectivity index (χ0v) is 7.98. The number of hydrogen-bond acceptors (Lipinski definition) is 2. The molecule has 1 fully saturated rings. The second-order valence-electron chi connectivity index (χ2n) is 2.86. The van der Waals surface area contributed by atoms with E-state index in [2.05, 4.69) is 25.8 Å². The smallest absolute Gasteiger partial charge is 0.173 e. The lowest BCUT2D eigenvalue weighted by atomic mass is 10.2. The van der Waals surface area contributed by atoms with Crippen LogP contribution in [0, 0.1) is 0 Å². The average Bonchev–Trinajstić information content (AvgIpc) is 2.58. The predicted octanol–water partition coefficient (Wildman–Crippen LogP) is 0.0892. The van der Waals surface area contributed by atoms with Crippen LogP contribution in [0.2, 0.25) is 0 Å². The van der Waals surface area contributed by atoms with Crippen LogP contribution in [0.3, 0.4) is 0 Å². The van der Waals surface area contributed by atoms with Crippen molar-refractivity contribution in [2.45, 2.75) is 12.1 Å². The largest absolute Gasteiger partial charge is 0.430 e. The fourth-order valence-corrected chi connectivity index (χ4v) is 1.64. The van der Waals surface area contributed by atoms with Crippen LogP contribution in [0.5, 0.6) is 0 Å². The van der Waals surface area contributed by atoms with Gasteiger partial charge in [-0.15, -0.1) is 0 Å². The van der Waals surface area contributed by atoms with Crippen LogP contribution in [-0.2, 0) is 0 Å². The van der Waals surface area contributed by atoms with Crippen LogP contribution in [0.1, 0.15) is 6.04 Å². The fourth-order valence-electron chi connectivity index (χ4n) is 1.34. The first-order chi connectivity index (χ1) is 5.77. The molecule has 0 amide bonds. The lowest BCUT2D eigenvalue weighted by Gasteiger charge is -2.08. The summed E-state index contributed by atoms with van der Waals surface area (Å²) in [6.07, 6.45) is 3.19. The average molecular weight is 234 g/mol. The van der Waals surface area contributed by atoms with Gasteiger partial charge in [0.2, 0.25) is 0 Å². The molecule has 2 rings (SSSR count). The maximum atomic E-state index is 9.48. The number of hydrogen-bond donors (Lipinski definition) is 1. The van der Waals surface area contributed by atoms with Crippen molar-refractivity contribution in [3.63, 3.8) is 0 Å². The molecule has 66 valence electrons. The van der Waals surface area contributed by atoms with E-state index in [0.29, 0.717) is 13.2 Å². The molecular weight excluding hydrogens is 224 g/mol. The van der Waals surface area contributed by atoms with E-state index < -0.39 is 0 Å². The van der Waals surface area contributed by atoms with E-state index >= 15 is 0 Å². The number of rotatable bonds is 1. The minimum atomic E-state index is -0.378. The van der Waals surface area contributed by atoms with Gasteiger partial charge in [-0.05, 0) is 15.9 Å². The topological polar surface area (TPSA) is 50.9 Å². The zero-order chi connectivity index (χ0) is 8.55. The number of nitrogens with zero attached hydrogens (tertiary/aromatic N) is 2. The van der Waals surface area contributed by atoms with E-state index in [1.807, 2.05) is 6.20 Å². The highest BCUT2D eigenvalue weighted by molar-refractivity contribution is 9.10. The molecule has 1 aromatic heterocycles. The van der Waals surface area contributed by atoms with Crippen molar-refractivity contribution in [1.82, 2.24) is 9.78 Å². The Hall–Kier alpha value is -0.390. The van der Waals surface area contributed by atoms with Gasteiger partial charge in [-0.25, -0.2) is 0 Å². The van der Waals surface area contributed by atoms with E-state index in [1.54, 1.807) is 10.9 Å². The minimum absolute atomic E-state index is 0.0244. The Balaban J connectivity index is 2.19. The second kappa shape index (κ2) is 3.16. The third-order valence-corrected chi connectivity index (χ3v) is 2.40. The molecule has 4 nitrogen and oxygen atoms in total. The third kappa shape index (κ3) is 1.39. The van der Waals surface area contributed by atoms with Crippen molar-refractivity contribution < 1.29 is 9.84 Å². The molecule has 2 atom stereocenters. The standard InChI is InChI=1S/C7H9BrN2O2/c8-5-1-9-10(2-5)6-3-12-4-7(6)11/h1-2,6-7,11H,3-4H2/p+1/t6-,7-/m1/s1. The summed E-state index contributed by atoms with van der Waals surface area (Å²) in [4.78, 5) is 0. The molecule has 0 saturated carbocycles. The quantitative estimate of drug-likeness (QED) is 0.700. The zero-order valence-electron chi connectivity index (χ0n) is 6.39. The Morgan fingerprint density at radius 1 is 1.67 bits per heavy atom. The van der Waals surface area contributed by atoms with Crippen molar-refractivity contribution in [1.29, 1.82) is 0 Å². The summed E-state index contributed by atoms with van der Waals surface area (Å²) in [6, 6.07) is 0.0244. The highest BCUT2D eigenvalue weighted by Crippen LogP contribution is 2.19. The van der Waals surface area contributed by atoms with E-state index in [-0.39, 0.29) is 12.1 Å². The Kier molecular flexibility index (Phi) is 2.16. The predicted molar refractivity (Wildman–Crippen MR) is 46.9 cm³/mol. The third-order valence-electron chi connectivity index (χ3n) is 1.99. The molecule has 1 aliphatic rings. The summed E-state index contributed by atoms with van der Waals surface area (Å²) in [5.41, 5.74) is 0. The van der Waals surface area contributed by atoms with Crippen molar-refractivity contribution in [3.05, 3.63) is 16.9 Å². The molecule has 1 aromatic rings. The molecule has 0 unspecified atom stereocenters. The number of aliphatic hydroxyl groups is 3. The maximum Gasteiger partial charge on any atom is 0.173 e. The lowest BCUT2D eigenvalue weighted by molar-refractivity contribution is -0.0129. The Bertz CT molecular complexity index is 276. The summed E-state index contributed by atoms with van der Waals surface area (Å²) in [6.45, 7) is 1.19. The van der Waals surface area contributed by atoms with E-state index in [1.165, 1.54) is 0 Å². The van der Waals surface area contributed by atoms with Crippen molar-refractivity contribution in [3.8, 4) is 0 Å². The molecule has 12 heavy (non-hydrogen) atoms. The van der Waals surface area contributed by atoms with Crippen LogP contribution >= 0.6 is 15.9 Å². The lowest BCUT2D eigenvalue weighted by Crippen LogP contribution is -2.22. The van der Waals surface area contributed by atoms with Crippen LogP contribution in [0.4, 0.5) is 0 Å². The Morgan fingerprint density at radius 3 is 3.00 bits per heavy atom. The Morgan fingerprint density at radius 2 is 2.50 bits per heavy atom. The van der Waals surface area contributed by atoms with Crippen LogP contribution < -0.4 is 0 Å². The van der Waals surface area contributed by atoms with Crippen LogP contribution in [0.25, 0.3) is 0 Å². The first kappa shape index (κ1) is 8.22. The van der Waals surface area contributed by atoms with Gasteiger partial charge in [0.15, 0.2) is 25.4 Å². The molecule has 0 bridgehead atoms. The fraction of sp³-hybridized carbons (Fsp3) is 0.571. The first-order valence-electron chi connectivity index (χ1n) is 3.78. The van der Waals surface area contributed by atoms with Gasteiger partial charge in [-0.2, -0.15) is 5.10 Å². The van der Waals surface area contributed by atoms with Crippen LogP contribution in [-0.4, -0.2) is 38.9 Å². The molecule has 0 spiro atoms. The van der Waals surface area contributed by atoms with Gasteiger partial charge < -0.3 is 9.84 Å². The highest BCUT2D eigenvalue weighted by Gasteiger charge is 2.32. The molecule has 2 N–H and O–H groups in total. The molecule has 1 aliphatic heterocycles. The highest BCUT2D eigenvalue weighted by atomic mass is 79.9. The normalized spacial score (nSPS) is 29.5. The molecule has 1 saturated heterocycles. The van der Waals surface area contributed by atoms with Crippen molar-refractivity contribution in [2.75, 3.05) is 13.2 Å². The first-order valence-corrected chi connectivity index (χ1v) is 4.57. The molecular formula is C7H10BrN2O2+. The minimum Gasteiger partial charge on any atom is -0.430 e. The van der Waals surface area contributed by atoms with Crippen molar-refractivity contribution in [2.24, 2.45) is 0 Å². The van der Waals surface area contributed by atoms with Gasteiger partial charge in [0, 0.05) is 6.20 Å². The molecule has 0 aliphatic carbocycles. The Labute approximate surface area is 78.3 Å². The second-order valence-corrected chi connectivity index (χ2v) is 3.78. The van der Waals surface area contributed by atoms with Crippen molar-refractivity contribution >= 4 is 15.9 Å². The number of halogens is 1. The molecule has 2 heterocycles.